The maximum absolute atomic E-state index is 10.5. The zero-order valence-corrected chi connectivity index (χ0v) is 8.16. The van der Waals surface area contributed by atoms with Crippen LogP contribution in [0.25, 0.3) is 0 Å². The normalized spacial score (nSPS) is 14.4. The molecular weight excluding hydrogens is 184 g/mol. The Morgan fingerprint density at radius 2 is 2.18 bits per heavy atom. The van der Waals surface area contributed by atoms with Crippen molar-refractivity contribution in [3.63, 3.8) is 0 Å². The zero-order chi connectivity index (χ0) is 8.91. The molecule has 0 aromatic carbocycles. The second kappa shape index (κ2) is 4.78. The molecule has 11 heavy (non-hydrogen) atoms. The summed E-state index contributed by atoms with van der Waals surface area (Å²) in [6.45, 7) is 5.54. The summed E-state index contributed by atoms with van der Waals surface area (Å²) in [5, 5.41) is 0. The van der Waals surface area contributed by atoms with Gasteiger partial charge < -0.3 is 0 Å². The number of allylic oxidation sites excluding steroid dienone is 1. The zero-order valence-electron chi connectivity index (χ0n) is 6.59. The highest BCUT2D eigenvalue weighted by Crippen LogP contribution is 2.10. The number of halogens is 1. The molecule has 0 radical (unpaired) electrons. The van der Waals surface area contributed by atoms with Crippen molar-refractivity contribution in [1.29, 1.82) is 0 Å². The van der Waals surface area contributed by atoms with Crippen LogP contribution in [0, 0.1) is 5.92 Å². The van der Waals surface area contributed by atoms with Crippen LogP contribution >= 0.6 is 10.7 Å². The van der Waals surface area contributed by atoms with E-state index in [0.29, 0.717) is 12.3 Å². The van der Waals surface area contributed by atoms with Crippen molar-refractivity contribution in [2.45, 2.75) is 19.8 Å². The van der Waals surface area contributed by atoms with Gasteiger partial charge in [-0.15, -0.1) is 6.58 Å². The number of hydrogen-bond acceptors (Lipinski definition) is 2. The first kappa shape index (κ1) is 11.0. The second-order valence-corrected chi connectivity index (χ2v) is 5.56. The molecule has 0 saturated heterocycles. The first-order valence-electron chi connectivity index (χ1n) is 3.49. The molecule has 0 aliphatic rings. The summed E-state index contributed by atoms with van der Waals surface area (Å²) in [5.41, 5.74) is 0. The molecule has 0 aliphatic carbocycles. The monoisotopic (exact) mass is 196 g/mol. The highest BCUT2D eigenvalue weighted by Gasteiger charge is 2.07. The third-order valence-corrected chi connectivity index (χ3v) is 2.61. The lowest BCUT2D eigenvalue weighted by Crippen LogP contribution is -2.03. The molecule has 0 heterocycles. The average molecular weight is 197 g/mol. The summed E-state index contributed by atoms with van der Waals surface area (Å²) in [5.74, 6) is 0.407. The van der Waals surface area contributed by atoms with Crippen molar-refractivity contribution in [1.82, 2.24) is 0 Å². The van der Waals surface area contributed by atoms with Crippen LogP contribution in [0.2, 0.25) is 0 Å². The average Bonchev–Trinajstić information content (AvgIpc) is 1.83. The van der Waals surface area contributed by atoms with E-state index in [1.165, 1.54) is 0 Å². The van der Waals surface area contributed by atoms with Crippen LogP contribution in [-0.4, -0.2) is 14.2 Å². The Hall–Kier alpha value is -0.0200. The molecule has 0 fully saturated rings. The lowest BCUT2D eigenvalue weighted by Gasteiger charge is -2.05. The lowest BCUT2D eigenvalue weighted by atomic mass is 10.1. The Bertz CT molecular complexity index is 208. The van der Waals surface area contributed by atoms with Crippen molar-refractivity contribution in [3.8, 4) is 0 Å². The van der Waals surface area contributed by atoms with E-state index >= 15 is 0 Å². The van der Waals surface area contributed by atoms with E-state index in [1.54, 1.807) is 6.08 Å². The van der Waals surface area contributed by atoms with Crippen LogP contribution in [0.4, 0.5) is 0 Å². The molecule has 1 unspecified atom stereocenters. The Labute approximate surface area is 72.7 Å². The van der Waals surface area contributed by atoms with Crippen LogP contribution in [-0.2, 0) is 9.05 Å². The van der Waals surface area contributed by atoms with Gasteiger partial charge in [0, 0.05) is 10.7 Å². The third kappa shape index (κ3) is 7.88. The van der Waals surface area contributed by atoms with E-state index < -0.39 is 9.05 Å². The fraction of sp³-hybridized carbons (Fsp3) is 0.714. The highest BCUT2D eigenvalue weighted by atomic mass is 35.7. The molecule has 1 atom stereocenters. The molecule has 0 spiro atoms. The lowest BCUT2D eigenvalue weighted by molar-refractivity contribution is 0.557. The molecule has 0 aromatic heterocycles. The van der Waals surface area contributed by atoms with Crippen molar-refractivity contribution in [2.75, 3.05) is 5.75 Å². The Morgan fingerprint density at radius 1 is 1.64 bits per heavy atom. The van der Waals surface area contributed by atoms with Gasteiger partial charge in [-0.3, -0.25) is 0 Å². The van der Waals surface area contributed by atoms with Gasteiger partial charge in [0.15, 0.2) is 0 Å². The smallest absolute Gasteiger partial charge is 0.212 e. The van der Waals surface area contributed by atoms with Crippen LogP contribution in [0.1, 0.15) is 19.8 Å². The fourth-order valence-corrected chi connectivity index (χ4v) is 1.70. The van der Waals surface area contributed by atoms with E-state index in [2.05, 4.69) is 6.58 Å². The number of rotatable bonds is 5. The van der Waals surface area contributed by atoms with Gasteiger partial charge >= 0.3 is 0 Å². The molecule has 0 bridgehead atoms. The molecule has 2 nitrogen and oxygen atoms in total. The standard InChI is InChI=1S/C7H13ClO2S/c1-3-4-7(2)5-6-11(8,9)10/h3,7H,1,4-6H2,2H3. The minimum atomic E-state index is -3.30. The second-order valence-electron chi connectivity index (χ2n) is 2.66. The summed E-state index contributed by atoms with van der Waals surface area (Å²) < 4.78 is 21.0. The van der Waals surface area contributed by atoms with E-state index in [1.807, 2.05) is 6.92 Å². The molecule has 0 amide bonds. The predicted octanol–water partition coefficient (Wildman–Crippen LogP) is 2.16. The molecule has 0 saturated carbocycles. The maximum Gasteiger partial charge on any atom is 0.232 e. The van der Waals surface area contributed by atoms with Gasteiger partial charge in [0.25, 0.3) is 0 Å². The van der Waals surface area contributed by atoms with Crippen molar-refractivity contribution >= 4 is 19.7 Å². The minimum Gasteiger partial charge on any atom is -0.212 e. The van der Waals surface area contributed by atoms with Gasteiger partial charge in [-0.2, -0.15) is 0 Å². The summed E-state index contributed by atoms with van der Waals surface area (Å²) in [4.78, 5) is 0. The molecular formula is C7H13ClO2S. The Balaban J connectivity index is 3.62. The molecule has 0 aliphatic heterocycles. The van der Waals surface area contributed by atoms with E-state index in [-0.39, 0.29) is 5.75 Å². The van der Waals surface area contributed by atoms with Crippen molar-refractivity contribution in [2.24, 2.45) is 5.92 Å². The van der Waals surface area contributed by atoms with Gasteiger partial charge in [0.1, 0.15) is 0 Å². The van der Waals surface area contributed by atoms with Gasteiger partial charge in [0.05, 0.1) is 5.75 Å². The molecule has 0 aromatic rings. The van der Waals surface area contributed by atoms with Gasteiger partial charge in [-0.25, -0.2) is 8.42 Å². The molecule has 66 valence electrons. The fourth-order valence-electron chi connectivity index (χ4n) is 0.744. The van der Waals surface area contributed by atoms with Gasteiger partial charge in [0.2, 0.25) is 9.05 Å². The summed E-state index contributed by atoms with van der Waals surface area (Å²) in [6, 6.07) is 0. The van der Waals surface area contributed by atoms with E-state index in [4.69, 9.17) is 10.7 Å². The van der Waals surface area contributed by atoms with Crippen molar-refractivity contribution in [3.05, 3.63) is 12.7 Å². The van der Waals surface area contributed by atoms with Crippen LogP contribution in [0.3, 0.4) is 0 Å². The first-order valence-corrected chi connectivity index (χ1v) is 5.97. The molecule has 0 rings (SSSR count). The quantitative estimate of drug-likeness (QED) is 0.499. The Morgan fingerprint density at radius 3 is 2.55 bits per heavy atom. The minimum absolute atomic E-state index is 0.0591. The van der Waals surface area contributed by atoms with Crippen LogP contribution < -0.4 is 0 Å². The summed E-state index contributed by atoms with van der Waals surface area (Å²) in [7, 11) is 1.72. The first-order chi connectivity index (χ1) is 4.95. The van der Waals surface area contributed by atoms with Crippen LogP contribution in [0.5, 0.6) is 0 Å². The van der Waals surface area contributed by atoms with Gasteiger partial charge in [-0.05, 0) is 18.8 Å². The molecule has 4 heteroatoms. The third-order valence-electron chi connectivity index (χ3n) is 1.42. The maximum atomic E-state index is 10.5. The van der Waals surface area contributed by atoms with E-state index in [0.717, 1.165) is 6.42 Å². The van der Waals surface area contributed by atoms with Gasteiger partial charge in [-0.1, -0.05) is 13.0 Å². The highest BCUT2D eigenvalue weighted by molar-refractivity contribution is 8.13. The SMILES string of the molecule is C=CCC(C)CCS(=O)(=O)Cl. The molecule has 0 N–H and O–H groups in total. The van der Waals surface area contributed by atoms with Crippen molar-refractivity contribution < 1.29 is 8.42 Å². The van der Waals surface area contributed by atoms with E-state index in [9.17, 15) is 8.42 Å². The summed E-state index contributed by atoms with van der Waals surface area (Å²) >= 11 is 0. The van der Waals surface area contributed by atoms with Crippen LogP contribution in [0.15, 0.2) is 12.7 Å². The largest absolute Gasteiger partial charge is 0.232 e. The summed E-state index contributed by atoms with van der Waals surface area (Å²) in [6.07, 6.45) is 3.23. The number of hydrogen-bond donors (Lipinski definition) is 0. The predicted molar refractivity (Wildman–Crippen MR) is 48.2 cm³/mol. The Kier molecular flexibility index (Phi) is 4.77. The topological polar surface area (TPSA) is 34.1 Å².